The quantitative estimate of drug-likeness (QED) is 0.726. The molecule has 1 atom stereocenters. The third-order valence-corrected chi connectivity index (χ3v) is 3.75. The standard InChI is InChI=1S/C13H22N2O2/c1-10(2)13(17)14-7-3-5-11(9-14)15-8-4-6-12(15)16/h10-11H,3-9H2,1-2H3. The van der Waals surface area contributed by atoms with Gasteiger partial charge in [-0.05, 0) is 19.3 Å². The second-order valence-electron chi connectivity index (χ2n) is 5.43. The van der Waals surface area contributed by atoms with Crippen molar-refractivity contribution in [1.29, 1.82) is 0 Å². The van der Waals surface area contributed by atoms with Gasteiger partial charge in [-0.1, -0.05) is 13.8 Å². The van der Waals surface area contributed by atoms with Crippen LogP contribution >= 0.6 is 0 Å². The average Bonchev–Trinajstić information content (AvgIpc) is 2.74. The van der Waals surface area contributed by atoms with E-state index in [4.69, 9.17) is 0 Å². The molecular formula is C13H22N2O2. The molecule has 0 radical (unpaired) electrons. The number of hydrogen-bond acceptors (Lipinski definition) is 2. The average molecular weight is 238 g/mol. The molecule has 0 aliphatic carbocycles. The fourth-order valence-electron chi connectivity index (χ4n) is 2.83. The number of hydrogen-bond donors (Lipinski definition) is 0. The molecular weight excluding hydrogens is 216 g/mol. The molecule has 2 aliphatic rings. The summed E-state index contributed by atoms with van der Waals surface area (Å²) < 4.78 is 0. The van der Waals surface area contributed by atoms with Crippen LogP contribution in [0.5, 0.6) is 0 Å². The number of amides is 2. The van der Waals surface area contributed by atoms with Crippen molar-refractivity contribution in [2.24, 2.45) is 5.92 Å². The Bertz CT molecular complexity index is 315. The van der Waals surface area contributed by atoms with E-state index < -0.39 is 0 Å². The molecule has 0 spiro atoms. The highest BCUT2D eigenvalue weighted by Crippen LogP contribution is 2.22. The maximum atomic E-state index is 12.0. The van der Waals surface area contributed by atoms with Crippen molar-refractivity contribution in [1.82, 2.24) is 9.80 Å². The highest BCUT2D eigenvalue weighted by Gasteiger charge is 2.33. The van der Waals surface area contributed by atoms with Crippen LogP contribution in [0.25, 0.3) is 0 Å². The normalized spacial score (nSPS) is 25.8. The number of carbonyl (C=O) groups excluding carboxylic acids is 2. The van der Waals surface area contributed by atoms with E-state index in [9.17, 15) is 9.59 Å². The van der Waals surface area contributed by atoms with Crippen LogP contribution in [0.1, 0.15) is 39.5 Å². The second-order valence-corrected chi connectivity index (χ2v) is 5.43. The Morgan fingerprint density at radius 2 is 2.06 bits per heavy atom. The summed E-state index contributed by atoms with van der Waals surface area (Å²) in [4.78, 5) is 27.6. The third-order valence-electron chi connectivity index (χ3n) is 3.75. The second kappa shape index (κ2) is 5.07. The van der Waals surface area contributed by atoms with E-state index in [1.165, 1.54) is 0 Å². The van der Waals surface area contributed by atoms with Gasteiger partial charge in [0.2, 0.25) is 11.8 Å². The molecule has 2 saturated heterocycles. The minimum atomic E-state index is 0.0584. The van der Waals surface area contributed by atoms with Crippen molar-refractivity contribution in [3.63, 3.8) is 0 Å². The summed E-state index contributed by atoms with van der Waals surface area (Å²) in [5, 5.41) is 0. The van der Waals surface area contributed by atoms with Crippen LogP contribution in [0.15, 0.2) is 0 Å². The summed E-state index contributed by atoms with van der Waals surface area (Å²) in [6, 6.07) is 0.265. The highest BCUT2D eigenvalue weighted by molar-refractivity contribution is 5.79. The van der Waals surface area contributed by atoms with Gasteiger partial charge in [-0.25, -0.2) is 0 Å². The molecule has 1 unspecified atom stereocenters. The minimum absolute atomic E-state index is 0.0584. The largest absolute Gasteiger partial charge is 0.340 e. The molecule has 2 rings (SSSR count). The predicted octanol–water partition coefficient (Wildman–Crippen LogP) is 1.26. The van der Waals surface area contributed by atoms with Gasteiger partial charge >= 0.3 is 0 Å². The van der Waals surface area contributed by atoms with E-state index in [-0.39, 0.29) is 23.8 Å². The molecule has 0 saturated carbocycles. The first-order chi connectivity index (χ1) is 8.09. The summed E-state index contributed by atoms with van der Waals surface area (Å²) in [7, 11) is 0. The van der Waals surface area contributed by atoms with Crippen LogP contribution in [0.3, 0.4) is 0 Å². The smallest absolute Gasteiger partial charge is 0.225 e. The van der Waals surface area contributed by atoms with E-state index in [2.05, 4.69) is 0 Å². The SMILES string of the molecule is CC(C)C(=O)N1CCCC(N2CCCC2=O)C1. The summed E-state index contributed by atoms with van der Waals surface area (Å²) >= 11 is 0. The Hall–Kier alpha value is -1.06. The number of nitrogens with zero attached hydrogens (tertiary/aromatic N) is 2. The summed E-state index contributed by atoms with van der Waals surface area (Å²) in [5.41, 5.74) is 0. The first-order valence-corrected chi connectivity index (χ1v) is 6.68. The Kier molecular flexibility index (Phi) is 3.69. The zero-order chi connectivity index (χ0) is 12.4. The molecule has 17 heavy (non-hydrogen) atoms. The Balaban J connectivity index is 1.97. The maximum absolute atomic E-state index is 12.0. The Morgan fingerprint density at radius 1 is 1.29 bits per heavy atom. The van der Waals surface area contributed by atoms with Crippen molar-refractivity contribution in [2.75, 3.05) is 19.6 Å². The summed E-state index contributed by atoms with van der Waals surface area (Å²) in [6.07, 6.45) is 3.74. The molecule has 0 bridgehead atoms. The monoisotopic (exact) mass is 238 g/mol. The first kappa shape index (κ1) is 12.4. The van der Waals surface area contributed by atoms with Crippen LogP contribution < -0.4 is 0 Å². The summed E-state index contributed by atoms with van der Waals surface area (Å²) in [6.45, 7) is 6.35. The van der Waals surface area contributed by atoms with Gasteiger partial charge < -0.3 is 9.80 Å². The lowest BCUT2D eigenvalue weighted by Gasteiger charge is -2.38. The van der Waals surface area contributed by atoms with Crippen LogP contribution in [0, 0.1) is 5.92 Å². The van der Waals surface area contributed by atoms with Crippen LogP contribution in [0.4, 0.5) is 0 Å². The van der Waals surface area contributed by atoms with Gasteiger partial charge in [0.05, 0.1) is 0 Å². The van der Waals surface area contributed by atoms with Crippen molar-refractivity contribution >= 4 is 11.8 Å². The lowest BCUT2D eigenvalue weighted by Crippen LogP contribution is -2.51. The van der Waals surface area contributed by atoms with Gasteiger partial charge in [0, 0.05) is 38.0 Å². The van der Waals surface area contributed by atoms with E-state index in [1.807, 2.05) is 23.6 Å². The Morgan fingerprint density at radius 3 is 2.65 bits per heavy atom. The Labute approximate surface area is 103 Å². The predicted molar refractivity (Wildman–Crippen MR) is 65.4 cm³/mol. The van der Waals surface area contributed by atoms with Gasteiger partial charge in [-0.15, -0.1) is 0 Å². The van der Waals surface area contributed by atoms with Crippen molar-refractivity contribution in [2.45, 2.75) is 45.6 Å². The van der Waals surface area contributed by atoms with Gasteiger partial charge in [0.25, 0.3) is 0 Å². The van der Waals surface area contributed by atoms with Crippen molar-refractivity contribution in [3.05, 3.63) is 0 Å². The molecule has 2 amide bonds. The lowest BCUT2D eigenvalue weighted by atomic mass is 10.0. The molecule has 4 heteroatoms. The number of likely N-dealkylation sites (tertiary alicyclic amines) is 2. The van der Waals surface area contributed by atoms with Gasteiger partial charge in [-0.2, -0.15) is 0 Å². The molecule has 0 N–H and O–H groups in total. The molecule has 2 aliphatic heterocycles. The molecule has 96 valence electrons. The van der Waals surface area contributed by atoms with Gasteiger partial charge in [0.15, 0.2) is 0 Å². The summed E-state index contributed by atoms with van der Waals surface area (Å²) in [5.74, 6) is 0.554. The number of piperidine rings is 1. The molecule has 2 heterocycles. The van der Waals surface area contributed by atoms with E-state index in [1.54, 1.807) is 0 Å². The van der Waals surface area contributed by atoms with Crippen LogP contribution in [-0.4, -0.2) is 47.3 Å². The zero-order valence-corrected chi connectivity index (χ0v) is 10.8. The number of carbonyl (C=O) groups is 2. The topological polar surface area (TPSA) is 40.6 Å². The molecule has 2 fully saturated rings. The fourth-order valence-corrected chi connectivity index (χ4v) is 2.83. The van der Waals surface area contributed by atoms with Gasteiger partial charge in [0.1, 0.15) is 0 Å². The highest BCUT2D eigenvalue weighted by atomic mass is 16.2. The van der Waals surface area contributed by atoms with Gasteiger partial charge in [-0.3, -0.25) is 9.59 Å². The number of rotatable bonds is 2. The third kappa shape index (κ3) is 2.61. The van der Waals surface area contributed by atoms with Crippen molar-refractivity contribution < 1.29 is 9.59 Å². The lowest BCUT2D eigenvalue weighted by molar-refractivity contribution is -0.139. The van der Waals surface area contributed by atoms with Crippen LogP contribution in [-0.2, 0) is 9.59 Å². The molecule has 4 nitrogen and oxygen atoms in total. The van der Waals surface area contributed by atoms with E-state index in [0.29, 0.717) is 6.42 Å². The van der Waals surface area contributed by atoms with E-state index >= 15 is 0 Å². The first-order valence-electron chi connectivity index (χ1n) is 6.68. The van der Waals surface area contributed by atoms with E-state index in [0.717, 1.165) is 38.9 Å². The molecule has 0 aromatic heterocycles. The van der Waals surface area contributed by atoms with Crippen molar-refractivity contribution in [3.8, 4) is 0 Å². The maximum Gasteiger partial charge on any atom is 0.225 e. The molecule has 0 aromatic rings. The minimum Gasteiger partial charge on any atom is -0.340 e. The fraction of sp³-hybridized carbons (Fsp3) is 0.846. The zero-order valence-electron chi connectivity index (χ0n) is 10.8. The van der Waals surface area contributed by atoms with Crippen LogP contribution in [0.2, 0.25) is 0 Å². The molecule has 0 aromatic carbocycles.